The van der Waals surface area contributed by atoms with Crippen molar-refractivity contribution in [3.8, 4) is 5.75 Å². The molecule has 1 amide bonds. The number of ether oxygens (including phenoxy) is 1. The van der Waals surface area contributed by atoms with Gasteiger partial charge in [-0.15, -0.1) is 0 Å². The summed E-state index contributed by atoms with van der Waals surface area (Å²) in [4.78, 5) is 22.5. The Morgan fingerprint density at radius 3 is 2.48 bits per heavy atom. The molecule has 132 valence electrons. The van der Waals surface area contributed by atoms with E-state index in [9.17, 15) is 14.9 Å². The maximum Gasteiger partial charge on any atom is 0.271 e. The molecule has 0 bridgehead atoms. The van der Waals surface area contributed by atoms with Crippen LogP contribution in [0.1, 0.15) is 37.8 Å². The quantitative estimate of drug-likeness (QED) is 0.622. The number of nitrogens with zero attached hydrogens (tertiary/aromatic N) is 1. The number of nitrogens with one attached hydrogen (secondary N) is 1. The van der Waals surface area contributed by atoms with Crippen LogP contribution >= 0.6 is 0 Å². The van der Waals surface area contributed by atoms with Crippen molar-refractivity contribution in [3.63, 3.8) is 0 Å². The summed E-state index contributed by atoms with van der Waals surface area (Å²) in [6, 6.07) is 11.6. The molecule has 0 heterocycles. The lowest BCUT2D eigenvalue weighted by atomic mass is 9.98. The molecule has 1 N–H and O–H groups in total. The minimum absolute atomic E-state index is 0.0775. The normalized spacial score (nSPS) is 11.9. The van der Waals surface area contributed by atoms with Gasteiger partial charge in [0.15, 0.2) is 6.10 Å². The molecule has 2 aromatic carbocycles. The van der Waals surface area contributed by atoms with Crippen LogP contribution in [-0.2, 0) is 4.79 Å². The number of anilines is 1. The van der Waals surface area contributed by atoms with Crippen molar-refractivity contribution in [2.75, 3.05) is 5.32 Å². The van der Waals surface area contributed by atoms with Gasteiger partial charge in [0.25, 0.3) is 11.6 Å². The second kappa shape index (κ2) is 7.79. The summed E-state index contributed by atoms with van der Waals surface area (Å²) in [6.45, 7) is 7.89. The summed E-state index contributed by atoms with van der Waals surface area (Å²) in [7, 11) is 0. The fourth-order valence-electron chi connectivity index (χ4n) is 2.57. The Balaban J connectivity index is 2.04. The molecule has 0 saturated heterocycles. The molecule has 0 spiro atoms. The summed E-state index contributed by atoms with van der Waals surface area (Å²) in [5, 5.41) is 13.4. The maximum atomic E-state index is 12.3. The van der Waals surface area contributed by atoms with E-state index in [0.717, 1.165) is 5.56 Å². The number of carbonyl (C=O) groups excluding carboxylic acids is 1. The smallest absolute Gasteiger partial charge is 0.271 e. The van der Waals surface area contributed by atoms with Gasteiger partial charge in [-0.05, 0) is 49.1 Å². The Kier molecular flexibility index (Phi) is 5.75. The highest BCUT2D eigenvalue weighted by molar-refractivity contribution is 5.94. The van der Waals surface area contributed by atoms with Crippen LogP contribution in [0.2, 0.25) is 0 Å². The molecule has 1 atom stereocenters. The standard InChI is InChI=1S/C19H22N2O4/c1-12(2)18-9-8-17(10-13(18)3)25-14(4)19(22)20-15-6-5-7-16(11-15)21(23)24/h5-12,14H,1-4H3,(H,20,22). The zero-order valence-corrected chi connectivity index (χ0v) is 14.8. The SMILES string of the molecule is Cc1cc(OC(C)C(=O)Nc2cccc([N+](=O)[O-])c2)ccc1C(C)C. The number of hydrogen-bond donors (Lipinski definition) is 1. The molecular weight excluding hydrogens is 320 g/mol. The number of aryl methyl sites for hydroxylation is 1. The number of rotatable bonds is 6. The molecule has 0 aliphatic rings. The van der Waals surface area contributed by atoms with Crippen LogP contribution in [-0.4, -0.2) is 16.9 Å². The average Bonchev–Trinajstić information content (AvgIpc) is 2.54. The van der Waals surface area contributed by atoms with Crippen molar-refractivity contribution in [1.82, 2.24) is 0 Å². The van der Waals surface area contributed by atoms with E-state index in [0.29, 0.717) is 17.4 Å². The molecule has 1 unspecified atom stereocenters. The highest BCUT2D eigenvalue weighted by Gasteiger charge is 2.17. The third kappa shape index (κ3) is 4.79. The van der Waals surface area contributed by atoms with Gasteiger partial charge in [0.2, 0.25) is 0 Å². The molecule has 0 aromatic heterocycles. The zero-order chi connectivity index (χ0) is 18.6. The van der Waals surface area contributed by atoms with Gasteiger partial charge in [-0.25, -0.2) is 0 Å². The lowest BCUT2D eigenvalue weighted by Crippen LogP contribution is -2.30. The van der Waals surface area contributed by atoms with E-state index in [2.05, 4.69) is 19.2 Å². The van der Waals surface area contributed by atoms with Crippen LogP contribution in [0.3, 0.4) is 0 Å². The summed E-state index contributed by atoms with van der Waals surface area (Å²) in [5.41, 5.74) is 2.63. The maximum absolute atomic E-state index is 12.3. The van der Waals surface area contributed by atoms with Gasteiger partial charge in [-0.3, -0.25) is 14.9 Å². The second-order valence-corrected chi connectivity index (χ2v) is 6.23. The van der Waals surface area contributed by atoms with Crippen LogP contribution in [0, 0.1) is 17.0 Å². The number of nitro groups is 1. The first-order chi connectivity index (χ1) is 11.8. The minimum Gasteiger partial charge on any atom is -0.481 e. The number of amides is 1. The second-order valence-electron chi connectivity index (χ2n) is 6.23. The van der Waals surface area contributed by atoms with Crippen molar-refractivity contribution in [2.45, 2.75) is 39.7 Å². The summed E-state index contributed by atoms with van der Waals surface area (Å²) in [6.07, 6.45) is -0.733. The Hall–Kier alpha value is -2.89. The third-order valence-electron chi connectivity index (χ3n) is 3.87. The van der Waals surface area contributed by atoms with Crippen molar-refractivity contribution >= 4 is 17.3 Å². The predicted molar refractivity (Wildman–Crippen MR) is 97.1 cm³/mol. The van der Waals surface area contributed by atoms with E-state index >= 15 is 0 Å². The number of carbonyl (C=O) groups is 1. The van der Waals surface area contributed by atoms with Gasteiger partial charge in [-0.1, -0.05) is 26.0 Å². The summed E-state index contributed by atoms with van der Waals surface area (Å²) >= 11 is 0. The first-order valence-corrected chi connectivity index (χ1v) is 8.10. The van der Waals surface area contributed by atoms with E-state index in [1.807, 2.05) is 25.1 Å². The monoisotopic (exact) mass is 342 g/mol. The van der Waals surface area contributed by atoms with Crippen LogP contribution in [0.5, 0.6) is 5.75 Å². The van der Waals surface area contributed by atoms with Gasteiger partial charge >= 0.3 is 0 Å². The number of hydrogen-bond acceptors (Lipinski definition) is 4. The Morgan fingerprint density at radius 2 is 1.88 bits per heavy atom. The minimum atomic E-state index is -0.733. The fourth-order valence-corrected chi connectivity index (χ4v) is 2.57. The van der Waals surface area contributed by atoms with E-state index in [1.54, 1.807) is 13.0 Å². The van der Waals surface area contributed by atoms with E-state index in [-0.39, 0.29) is 11.6 Å². The molecule has 2 aromatic rings. The Morgan fingerprint density at radius 1 is 1.16 bits per heavy atom. The predicted octanol–water partition coefficient (Wildman–Crippen LogP) is 4.43. The van der Waals surface area contributed by atoms with Crippen LogP contribution < -0.4 is 10.1 Å². The lowest BCUT2D eigenvalue weighted by Gasteiger charge is -2.17. The van der Waals surface area contributed by atoms with E-state index in [1.165, 1.54) is 23.8 Å². The van der Waals surface area contributed by atoms with Crippen LogP contribution in [0.15, 0.2) is 42.5 Å². The molecule has 0 radical (unpaired) electrons. The van der Waals surface area contributed by atoms with Gasteiger partial charge < -0.3 is 10.1 Å². The third-order valence-corrected chi connectivity index (χ3v) is 3.87. The van der Waals surface area contributed by atoms with Gasteiger partial charge in [0.1, 0.15) is 5.75 Å². The summed E-state index contributed by atoms with van der Waals surface area (Å²) < 4.78 is 5.70. The topological polar surface area (TPSA) is 81.5 Å². The Labute approximate surface area is 147 Å². The van der Waals surface area contributed by atoms with Crippen molar-refractivity contribution in [3.05, 3.63) is 63.7 Å². The number of nitro benzene ring substituents is 1. The zero-order valence-electron chi connectivity index (χ0n) is 14.8. The molecule has 6 nitrogen and oxygen atoms in total. The molecule has 0 aliphatic carbocycles. The highest BCUT2D eigenvalue weighted by Crippen LogP contribution is 2.24. The first kappa shape index (κ1) is 18.4. The van der Waals surface area contributed by atoms with Crippen molar-refractivity contribution < 1.29 is 14.5 Å². The van der Waals surface area contributed by atoms with Crippen molar-refractivity contribution in [1.29, 1.82) is 0 Å². The molecule has 25 heavy (non-hydrogen) atoms. The number of benzene rings is 2. The lowest BCUT2D eigenvalue weighted by molar-refractivity contribution is -0.384. The van der Waals surface area contributed by atoms with E-state index < -0.39 is 11.0 Å². The molecule has 6 heteroatoms. The van der Waals surface area contributed by atoms with E-state index in [4.69, 9.17) is 4.74 Å². The van der Waals surface area contributed by atoms with Gasteiger partial charge in [0.05, 0.1) is 4.92 Å². The first-order valence-electron chi connectivity index (χ1n) is 8.10. The average molecular weight is 342 g/mol. The highest BCUT2D eigenvalue weighted by atomic mass is 16.6. The van der Waals surface area contributed by atoms with Crippen LogP contribution in [0.4, 0.5) is 11.4 Å². The fraction of sp³-hybridized carbons (Fsp3) is 0.316. The number of non-ortho nitro benzene ring substituents is 1. The largest absolute Gasteiger partial charge is 0.481 e. The molecule has 0 aliphatic heterocycles. The van der Waals surface area contributed by atoms with Gasteiger partial charge in [0, 0.05) is 17.8 Å². The molecule has 0 saturated carbocycles. The van der Waals surface area contributed by atoms with Crippen molar-refractivity contribution in [2.24, 2.45) is 0 Å². The van der Waals surface area contributed by atoms with Gasteiger partial charge in [-0.2, -0.15) is 0 Å². The molecular formula is C19H22N2O4. The van der Waals surface area contributed by atoms with Crippen LogP contribution in [0.25, 0.3) is 0 Å². The molecule has 0 fully saturated rings. The summed E-state index contributed by atoms with van der Waals surface area (Å²) in [5.74, 6) is 0.665. The molecule has 2 rings (SSSR count). The Bertz CT molecular complexity index is 787.